The fourth-order valence-electron chi connectivity index (χ4n) is 1.10. The molecule has 0 saturated carbocycles. The summed E-state index contributed by atoms with van der Waals surface area (Å²) in [6.07, 6.45) is 2.88. The fraction of sp³-hybridized carbons (Fsp3) is 0.0833. The van der Waals surface area contributed by atoms with E-state index >= 15 is 0 Å². The number of carboxylic acid groups (broad SMARTS) is 1. The zero-order chi connectivity index (χ0) is 12.1. The molecule has 0 saturated heterocycles. The van der Waals surface area contributed by atoms with Gasteiger partial charge in [-0.15, -0.1) is 5.56 Å². The van der Waals surface area contributed by atoms with Crippen molar-refractivity contribution in [3.05, 3.63) is 58.3 Å². The van der Waals surface area contributed by atoms with Crippen molar-refractivity contribution in [2.24, 2.45) is 0 Å². The Bertz CT molecular complexity index is 516. The molecule has 1 N–H and O–H groups in total. The van der Waals surface area contributed by atoms with Gasteiger partial charge in [-0.2, -0.15) is 6.08 Å². The minimum atomic E-state index is -1.26. The first-order valence-corrected chi connectivity index (χ1v) is 4.41. The average molecular weight is 301 g/mol. The van der Waals surface area contributed by atoms with Gasteiger partial charge in [-0.25, -0.2) is 10.9 Å². The molecule has 17 heavy (non-hydrogen) atoms. The third-order valence-electron chi connectivity index (χ3n) is 1.96. The zero-order valence-electron chi connectivity index (χ0n) is 9.14. The van der Waals surface area contributed by atoms with Crippen molar-refractivity contribution in [1.29, 1.82) is 0 Å². The number of nitrogens with zero attached hydrogens (tertiary/aromatic N) is 2. The van der Waals surface area contributed by atoms with E-state index in [1.807, 2.05) is 6.08 Å². The van der Waals surface area contributed by atoms with E-state index in [4.69, 9.17) is 11.7 Å². The van der Waals surface area contributed by atoms with Crippen molar-refractivity contribution in [3.8, 4) is 0 Å². The van der Waals surface area contributed by atoms with Crippen LogP contribution in [0.2, 0.25) is 0 Å². The molecule has 4 nitrogen and oxygen atoms in total. The number of aryl methyl sites for hydroxylation is 1. The molecule has 0 bridgehead atoms. The van der Waals surface area contributed by atoms with Crippen molar-refractivity contribution < 1.29 is 42.6 Å². The molecular formula is C12H8N2O2Y-2. The Morgan fingerprint density at radius 1 is 1.59 bits per heavy atom. The first kappa shape index (κ1) is 15.7. The second-order valence-corrected chi connectivity index (χ2v) is 3.09. The standard InChI is InChI=1S/C12H8N2O2.Y/c1-8-3-4-9(7-11(8)14-2)10(13)5-6-12(15)16;/h3-5,7H,1H3,(H,15,16);/q-2;. The molecule has 0 aliphatic rings. The van der Waals surface area contributed by atoms with E-state index in [9.17, 15) is 10.2 Å². The maximum atomic E-state index is 10.2. The fourth-order valence-corrected chi connectivity index (χ4v) is 1.10. The van der Waals surface area contributed by atoms with Crippen molar-refractivity contribution in [2.75, 3.05) is 0 Å². The Hall–Kier alpha value is -1.31. The Labute approximate surface area is 125 Å². The van der Waals surface area contributed by atoms with Crippen LogP contribution in [0.15, 0.2) is 24.3 Å². The van der Waals surface area contributed by atoms with E-state index in [0.717, 1.165) is 11.6 Å². The predicted molar refractivity (Wildman–Crippen MR) is 60.4 cm³/mol. The number of carboxylic acids is 1. The summed E-state index contributed by atoms with van der Waals surface area (Å²) in [4.78, 5) is 13.5. The smallest absolute Gasteiger partial charge is 0.235 e. The minimum Gasteiger partial charge on any atom is -0.904 e. The van der Waals surface area contributed by atoms with Crippen LogP contribution in [0.4, 0.5) is 5.69 Å². The van der Waals surface area contributed by atoms with Gasteiger partial charge in [0, 0.05) is 32.7 Å². The Balaban J connectivity index is 0.00000256. The summed E-state index contributed by atoms with van der Waals surface area (Å²) in [7, 11) is 0. The van der Waals surface area contributed by atoms with Gasteiger partial charge in [0.25, 0.3) is 0 Å². The molecule has 83 valence electrons. The van der Waals surface area contributed by atoms with E-state index in [0.29, 0.717) is 11.3 Å². The average Bonchev–Trinajstić information content (AvgIpc) is 2.26. The number of carbonyl (C=O) groups is 1. The normalized spacial score (nSPS) is 9.41. The first-order chi connectivity index (χ1) is 7.54. The summed E-state index contributed by atoms with van der Waals surface area (Å²) >= 11 is 0. The van der Waals surface area contributed by atoms with Crippen LogP contribution in [0.25, 0.3) is 10.3 Å². The van der Waals surface area contributed by atoms with Crippen LogP contribution in [0.5, 0.6) is 0 Å². The summed E-state index contributed by atoms with van der Waals surface area (Å²) in [6.45, 7) is 8.69. The van der Waals surface area contributed by atoms with Crippen molar-refractivity contribution in [2.45, 2.75) is 6.92 Å². The molecule has 0 spiro atoms. The molecule has 0 amide bonds. The summed E-state index contributed by atoms with van der Waals surface area (Å²) in [6, 6.07) is 4.80. The molecule has 1 rings (SSSR count). The van der Waals surface area contributed by atoms with E-state index in [1.165, 1.54) is 6.07 Å². The van der Waals surface area contributed by atoms with Gasteiger partial charge in [0.1, 0.15) is 0 Å². The van der Waals surface area contributed by atoms with Crippen LogP contribution >= 0.6 is 0 Å². The van der Waals surface area contributed by atoms with Crippen molar-refractivity contribution in [1.82, 2.24) is 0 Å². The van der Waals surface area contributed by atoms with Crippen LogP contribution in [0.1, 0.15) is 11.1 Å². The number of allylic oxidation sites excluding steroid dienone is 1. The molecule has 0 atom stereocenters. The summed E-state index contributed by atoms with van der Waals surface area (Å²) < 4.78 is 0. The molecule has 0 fully saturated rings. The van der Waals surface area contributed by atoms with Gasteiger partial charge in [-0.1, -0.05) is 18.2 Å². The topological polar surface area (TPSA) is 64.0 Å². The van der Waals surface area contributed by atoms with Gasteiger partial charge >= 0.3 is 0 Å². The second-order valence-electron chi connectivity index (χ2n) is 3.09. The molecule has 0 aromatic heterocycles. The Morgan fingerprint density at radius 2 is 2.24 bits per heavy atom. The van der Waals surface area contributed by atoms with E-state index in [-0.39, 0.29) is 38.4 Å². The summed E-state index contributed by atoms with van der Waals surface area (Å²) in [5.41, 5.74) is 1.39. The first-order valence-electron chi connectivity index (χ1n) is 4.41. The van der Waals surface area contributed by atoms with Crippen LogP contribution in [-0.4, -0.2) is 16.8 Å². The van der Waals surface area contributed by atoms with E-state index < -0.39 is 5.97 Å². The Morgan fingerprint density at radius 3 is 2.76 bits per heavy atom. The van der Waals surface area contributed by atoms with E-state index in [2.05, 4.69) is 4.85 Å². The molecule has 0 aliphatic heterocycles. The zero-order valence-corrected chi connectivity index (χ0v) is 12.0. The van der Waals surface area contributed by atoms with Crippen molar-refractivity contribution in [3.63, 3.8) is 0 Å². The SMILES string of the molecule is [C-]#[N+]c1cc(C(=[N-])C=[C-]C(=O)O)ccc1C.[Y]. The molecule has 0 aliphatic carbocycles. The van der Waals surface area contributed by atoms with Crippen LogP contribution in [0.3, 0.4) is 0 Å². The molecule has 1 aromatic carbocycles. The maximum absolute atomic E-state index is 10.2. The second kappa shape index (κ2) is 7.10. The third kappa shape index (κ3) is 4.60. The van der Waals surface area contributed by atoms with Crippen LogP contribution in [0, 0.1) is 19.6 Å². The number of rotatable bonds is 3. The largest absolute Gasteiger partial charge is 0.904 e. The molecular weight excluding hydrogens is 293 g/mol. The summed E-state index contributed by atoms with van der Waals surface area (Å²) in [5, 5.41) is 17.9. The number of hydrogen-bond acceptors (Lipinski definition) is 1. The third-order valence-corrected chi connectivity index (χ3v) is 1.96. The molecule has 0 unspecified atom stereocenters. The number of aliphatic carboxylic acids is 1. The van der Waals surface area contributed by atoms with Gasteiger partial charge in [0.05, 0.1) is 6.57 Å². The van der Waals surface area contributed by atoms with Crippen LogP contribution in [-0.2, 0) is 37.5 Å². The van der Waals surface area contributed by atoms with Gasteiger partial charge in [-0.05, 0) is 12.5 Å². The van der Waals surface area contributed by atoms with Crippen molar-refractivity contribution >= 4 is 17.4 Å². The van der Waals surface area contributed by atoms with Gasteiger partial charge in [-0.3, -0.25) is 4.79 Å². The molecule has 1 aromatic rings. The monoisotopic (exact) mass is 301 g/mol. The minimum absolute atomic E-state index is 0. The predicted octanol–water partition coefficient (Wildman–Crippen LogP) is 2.35. The molecule has 1 radical (unpaired) electrons. The number of hydrogen-bond donors (Lipinski definition) is 1. The van der Waals surface area contributed by atoms with Gasteiger partial charge in [0.15, 0.2) is 5.69 Å². The quantitative estimate of drug-likeness (QED) is 0.529. The Kier molecular flexibility index (Phi) is 6.56. The summed E-state index contributed by atoms with van der Waals surface area (Å²) in [5.74, 6) is -1.26. The van der Waals surface area contributed by atoms with E-state index in [1.54, 1.807) is 19.1 Å². The molecule has 5 heteroatoms. The maximum Gasteiger partial charge on any atom is 0.235 e. The van der Waals surface area contributed by atoms with Gasteiger partial charge in [0.2, 0.25) is 5.97 Å². The molecule has 0 heterocycles. The number of benzene rings is 1. The van der Waals surface area contributed by atoms with Gasteiger partial charge < -0.3 is 16.2 Å². The van der Waals surface area contributed by atoms with Crippen LogP contribution < -0.4 is 0 Å².